The predicted molar refractivity (Wildman–Crippen MR) is 81.3 cm³/mol. The van der Waals surface area contributed by atoms with E-state index in [2.05, 4.69) is 12.2 Å². The number of carbonyl (C=O) groups is 1. The summed E-state index contributed by atoms with van der Waals surface area (Å²) in [5, 5.41) is 9.13. The molecule has 1 rings (SSSR count). The van der Waals surface area contributed by atoms with Gasteiger partial charge in [-0.3, -0.25) is 0 Å². The van der Waals surface area contributed by atoms with Gasteiger partial charge in [-0.2, -0.15) is 0 Å². The molecule has 3 heteroatoms. The van der Waals surface area contributed by atoms with Crippen molar-refractivity contribution < 1.29 is 14.6 Å². The number of ether oxygens (including phenoxy) is 1. The topological polar surface area (TPSA) is 46.5 Å². The number of rotatable bonds is 7. The number of carboxylic acid groups (broad SMARTS) is 1. The number of benzene rings is 1. The van der Waals surface area contributed by atoms with Gasteiger partial charge in [0, 0.05) is 0 Å². The molecule has 0 aliphatic rings. The minimum atomic E-state index is -0.978. The highest BCUT2D eigenvalue weighted by Crippen LogP contribution is 2.24. The fourth-order valence-corrected chi connectivity index (χ4v) is 1.78. The molecule has 0 saturated heterocycles. The molecule has 3 nitrogen and oxygen atoms in total. The van der Waals surface area contributed by atoms with Gasteiger partial charge in [-0.1, -0.05) is 30.4 Å². The second kappa shape index (κ2) is 7.53. The van der Waals surface area contributed by atoms with Crippen LogP contribution in [0.4, 0.5) is 0 Å². The van der Waals surface area contributed by atoms with Gasteiger partial charge in [-0.15, -0.1) is 0 Å². The van der Waals surface area contributed by atoms with Gasteiger partial charge in [0.15, 0.2) is 0 Å². The summed E-state index contributed by atoms with van der Waals surface area (Å²) in [5.74, 6) is -0.587. The number of unbranched alkanes of at least 4 members (excludes halogenated alkanes) is 1. The first-order chi connectivity index (χ1) is 9.46. The number of allylic oxidation sites excluding steroid dienone is 3. The first kappa shape index (κ1) is 16.0. The van der Waals surface area contributed by atoms with Crippen LogP contribution in [0.25, 0.3) is 0 Å². The van der Waals surface area contributed by atoms with Crippen LogP contribution in [0.5, 0.6) is 5.75 Å². The monoisotopic (exact) mass is 274 g/mol. The highest BCUT2D eigenvalue weighted by atomic mass is 16.5. The molecule has 108 valence electrons. The Balaban J connectivity index is 2.73. The van der Waals surface area contributed by atoms with Crippen LogP contribution in [-0.2, 0) is 0 Å². The van der Waals surface area contributed by atoms with E-state index in [4.69, 9.17) is 9.84 Å². The van der Waals surface area contributed by atoms with Crippen molar-refractivity contribution in [2.45, 2.75) is 39.2 Å². The molecule has 0 unspecified atom stereocenters. The number of carboxylic acids is 1. The number of para-hydroxylation sites is 1. The molecule has 0 aliphatic carbocycles. The third-order valence-electron chi connectivity index (χ3n) is 2.75. The average Bonchev–Trinajstić information content (AvgIpc) is 2.38. The average molecular weight is 274 g/mol. The van der Waals surface area contributed by atoms with Crippen LogP contribution in [0.1, 0.15) is 44.0 Å². The molecular weight excluding hydrogens is 252 g/mol. The quantitative estimate of drug-likeness (QED) is 0.590. The molecular formula is C17H22O3. The van der Waals surface area contributed by atoms with Crippen LogP contribution in [0.3, 0.4) is 0 Å². The van der Waals surface area contributed by atoms with Crippen molar-refractivity contribution in [3.8, 4) is 5.75 Å². The standard InChI is InChI=1S/C17H22O3/c1-4-5-6-7-10-13-17(2,3)20-15-12-9-8-11-14(15)16(18)19/h4-5,8-13H,6-7H2,1-3H3,(H,18,19)/b5-4+,13-10+. The van der Waals surface area contributed by atoms with Crippen molar-refractivity contribution in [3.63, 3.8) is 0 Å². The Hall–Kier alpha value is -2.03. The maximum Gasteiger partial charge on any atom is 0.339 e. The molecule has 0 amide bonds. The van der Waals surface area contributed by atoms with Crippen molar-refractivity contribution in [2.75, 3.05) is 0 Å². The second-order valence-electron chi connectivity index (χ2n) is 5.06. The fraction of sp³-hybridized carbons (Fsp3) is 0.353. The van der Waals surface area contributed by atoms with E-state index in [1.807, 2.05) is 32.9 Å². The predicted octanol–water partition coefficient (Wildman–Crippen LogP) is 4.45. The molecule has 0 radical (unpaired) electrons. The Labute approximate surface area is 120 Å². The third-order valence-corrected chi connectivity index (χ3v) is 2.75. The van der Waals surface area contributed by atoms with E-state index in [0.29, 0.717) is 5.75 Å². The Kier molecular flexibility index (Phi) is 6.04. The summed E-state index contributed by atoms with van der Waals surface area (Å²) in [6.07, 6.45) is 10.1. The minimum Gasteiger partial charge on any atom is -0.483 e. The van der Waals surface area contributed by atoms with Gasteiger partial charge in [-0.25, -0.2) is 4.79 Å². The van der Waals surface area contributed by atoms with Gasteiger partial charge < -0.3 is 9.84 Å². The molecule has 0 saturated carbocycles. The van der Waals surface area contributed by atoms with Crippen LogP contribution in [0.15, 0.2) is 48.6 Å². The van der Waals surface area contributed by atoms with Crippen LogP contribution in [0, 0.1) is 0 Å². The van der Waals surface area contributed by atoms with Crippen molar-refractivity contribution in [1.29, 1.82) is 0 Å². The van der Waals surface area contributed by atoms with Gasteiger partial charge in [0.1, 0.15) is 16.9 Å². The summed E-state index contributed by atoms with van der Waals surface area (Å²) < 4.78 is 5.82. The van der Waals surface area contributed by atoms with Gasteiger partial charge in [-0.05, 0) is 51.8 Å². The van der Waals surface area contributed by atoms with Gasteiger partial charge >= 0.3 is 5.97 Å². The SMILES string of the molecule is C/C=C/CC/C=C/C(C)(C)Oc1ccccc1C(=O)O. The lowest BCUT2D eigenvalue weighted by molar-refractivity contribution is 0.0686. The molecule has 0 heterocycles. The minimum absolute atomic E-state index is 0.183. The Morgan fingerprint density at radius 1 is 1.25 bits per heavy atom. The highest BCUT2D eigenvalue weighted by Gasteiger charge is 2.19. The number of hydrogen-bond acceptors (Lipinski definition) is 2. The highest BCUT2D eigenvalue weighted by molar-refractivity contribution is 5.90. The second-order valence-corrected chi connectivity index (χ2v) is 5.06. The van der Waals surface area contributed by atoms with Gasteiger partial charge in [0.25, 0.3) is 0 Å². The van der Waals surface area contributed by atoms with Gasteiger partial charge in [0.05, 0.1) is 0 Å². The largest absolute Gasteiger partial charge is 0.483 e. The summed E-state index contributed by atoms with van der Waals surface area (Å²) in [5.41, 5.74) is -0.357. The summed E-state index contributed by atoms with van der Waals surface area (Å²) >= 11 is 0. The molecule has 0 bridgehead atoms. The zero-order valence-corrected chi connectivity index (χ0v) is 12.3. The molecule has 0 aromatic heterocycles. The van der Waals surface area contributed by atoms with Crippen molar-refractivity contribution in [1.82, 2.24) is 0 Å². The van der Waals surface area contributed by atoms with Gasteiger partial charge in [0.2, 0.25) is 0 Å². The van der Waals surface area contributed by atoms with Crippen LogP contribution in [0.2, 0.25) is 0 Å². The lowest BCUT2D eigenvalue weighted by atomic mass is 10.1. The lowest BCUT2D eigenvalue weighted by Gasteiger charge is -2.23. The van der Waals surface area contributed by atoms with E-state index < -0.39 is 11.6 Å². The maximum absolute atomic E-state index is 11.1. The summed E-state index contributed by atoms with van der Waals surface area (Å²) in [6.45, 7) is 5.83. The smallest absolute Gasteiger partial charge is 0.339 e. The van der Waals surface area contributed by atoms with Crippen LogP contribution >= 0.6 is 0 Å². The van der Waals surface area contributed by atoms with E-state index in [1.54, 1.807) is 24.3 Å². The van der Waals surface area contributed by atoms with Crippen molar-refractivity contribution in [3.05, 3.63) is 54.1 Å². The maximum atomic E-state index is 11.1. The summed E-state index contributed by atoms with van der Waals surface area (Å²) in [4.78, 5) is 11.1. The first-order valence-corrected chi connectivity index (χ1v) is 6.76. The molecule has 0 spiro atoms. The van der Waals surface area contributed by atoms with E-state index in [0.717, 1.165) is 12.8 Å². The Morgan fingerprint density at radius 3 is 2.55 bits per heavy atom. The van der Waals surface area contributed by atoms with E-state index >= 15 is 0 Å². The zero-order valence-electron chi connectivity index (χ0n) is 12.3. The van der Waals surface area contributed by atoms with E-state index in [1.165, 1.54) is 0 Å². The summed E-state index contributed by atoms with van der Waals surface area (Å²) in [6, 6.07) is 6.69. The van der Waals surface area contributed by atoms with E-state index in [9.17, 15) is 4.79 Å². The molecule has 20 heavy (non-hydrogen) atoms. The zero-order chi connectivity index (χ0) is 15.0. The Morgan fingerprint density at radius 2 is 1.90 bits per heavy atom. The normalized spacial score (nSPS) is 12.2. The van der Waals surface area contributed by atoms with E-state index in [-0.39, 0.29) is 5.56 Å². The molecule has 0 fully saturated rings. The molecule has 0 atom stereocenters. The first-order valence-electron chi connectivity index (χ1n) is 6.76. The van der Waals surface area contributed by atoms with Crippen LogP contribution < -0.4 is 4.74 Å². The number of aromatic carboxylic acids is 1. The Bertz CT molecular complexity index is 499. The van der Waals surface area contributed by atoms with Crippen molar-refractivity contribution >= 4 is 5.97 Å². The molecule has 1 aromatic rings. The number of hydrogen-bond donors (Lipinski definition) is 1. The summed E-state index contributed by atoms with van der Waals surface area (Å²) in [7, 11) is 0. The molecule has 1 aromatic carbocycles. The fourth-order valence-electron chi connectivity index (χ4n) is 1.78. The van der Waals surface area contributed by atoms with Crippen molar-refractivity contribution in [2.24, 2.45) is 0 Å². The lowest BCUT2D eigenvalue weighted by Crippen LogP contribution is -2.26. The molecule has 1 N–H and O–H groups in total. The third kappa shape index (κ3) is 5.31. The molecule has 0 aliphatic heterocycles. The van der Waals surface area contributed by atoms with Crippen LogP contribution in [-0.4, -0.2) is 16.7 Å².